The van der Waals surface area contributed by atoms with E-state index in [-0.39, 0.29) is 11.3 Å². The molecule has 1 aromatic heterocycles. The summed E-state index contributed by atoms with van der Waals surface area (Å²) in [7, 11) is 0. The Hall–Kier alpha value is -4.17. The molecule has 8 heteroatoms. The van der Waals surface area contributed by atoms with E-state index in [1.807, 2.05) is 39.8 Å². The molecule has 2 heterocycles. The zero-order valence-corrected chi connectivity index (χ0v) is 22.5. The number of rotatable bonds is 7. The van der Waals surface area contributed by atoms with Crippen LogP contribution < -0.4 is 14.4 Å². The fourth-order valence-electron chi connectivity index (χ4n) is 4.78. The van der Waals surface area contributed by atoms with Crippen molar-refractivity contribution in [3.63, 3.8) is 0 Å². The van der Waals surface area contributed by atoms with Crippen molar-refractivity contribution >= 4 is 44.1 Å². The molecule has 0 bridgehead atoms. The van der Waals surface area contributed by atoms with E-state index in [1.54, 1.807) is 48.5 Å². The average molecular weight is 529 g/mol. The number of aliphatic hydroxyl groups is 1. The maximum atomic E-state index is 13.6. The number of anilines is 1. The summed E-state index contributed by atoms with van der Waals surface area (Å²) in [4.78, 5) is 33.2. The molecule has 1 aliphatic heterocycles. The van der Waals surface area contributed by atoms with Gasteiger partial charge in [0, 0.05) is 5.56 Å². The Kier molecular flexibility index (Phi) is 6.91. The number of aryl methyl sites for hydroxylation is 2. The molecule has 3 aromatic carbocycles. The van der Waals surface area contributed by atoms with Crippen LogP contribution >= 0.6 is 11.3 Å². The second-order valence-corrected chi connectivity index (χ2v) is 10.1. The van der Waals surface area contributed by atoms with Crippen LogP contribution in [0, 0.1) is 13.8 Å². The number of carbonyl (C=O) groups excluding carboxylic acids is 2. The molecule has 0 saturated carbocycles. The summed E-state index contributed by atoms with van der Waals surface area (Å²) < 4.78 is 12.1. The fraction of sp³-hybridized carbons (Fsp3) is 0.233. The smallest absolute Gasteiger partial charge is 0.301 e. The summed E-state index contributed by atoms with van der Waals surface area (Å²) in [6.45, 7) is 8.72. The third-order valence-electron chi connectivity index (χ3n) is 6.39. The van der Waals surface area contributed by atoms with E-state index in [2.05, 4.69) is 0 Å². The summed E-state index contributed by atoms with van der Waals surface area (Å²) in [5.74, 6) is -0.543. The highest BCUT2D eigenvalue weighted by atomic mass is 32.1. The minimum Gasteiger partial charge on any atom is -0.507 e. The maximum absolute atomic E-state index is 13.6. The average Bonchev–Trinajstić information content (AvgIpc) is 3.43. The first-order valence-corrected chi connectivity index (χ1v) is 13.3. The van der Waals surface area contributed by atoms with Crippen LogP contribution in [0.1, 0.15) is 42.1 Å². The summed E-state index contributed by atoms with van der Waals surface area (Å²) in [6.07, 6.45) is 0. The molecule has 194 valence electrons. The molecule has 5 rings (SSSR count). The number of benzene rings is 3. The van der Waals surface area contributed by atoms with Crippen molar-refractivity contribution in [2.75, 3.05) is 18.1 Å². The second-order valence-electron chi connectivity index (χ2n) is 9.06. The normalized spacial score (nSPS) is 16.8. The van der Waals surface area contributed by atoms with Crippen LogP contribution in [0.5, 0.6) is 11.5 Å². The molecule has 1 amide bonds. The van der Waals surface area contributed by atoms with Crippen molar-refractivity contribution in [1.29, 1.82) is 0 Å². The van der Waals surface area contributed by atoms with Gasteiger partial charge in [0.25, 0.3) is 5.78 Å². The van der Waals surface area contributed by atoms with Gasteiger partial charge in [-0.3, -0.25) is 14.5 Å². The minimum absolute atomic E-state index is 0.0000306. The van der Waals surface area contributed by atoms with Crippen molar-refractivity contribution in [2.45, 2.75) is 33.7 Å². The van der Waals surface area contributed by atoms with Crippen molar-refractivity contribution in [3.05, 3.63) is 88.5 Å². The lowest BCUT2D eigenvalue weighted by atomic mass is 9.95. The van der Waals surface area contributed by atoms with E-state index >= 15 is 0 Å². The third kappa shape index (κ3) is 4.52. The van der Waals surface area contributed by atoms with Crippen LogP contribution in [0.3, 0.4) is 0 Å². The van der Waals surface area contributed by atoms with Crippen LogP contribution in [0.25, 0.3) is 16.0 Å². The first kappa shape index (κ1) is 25.5. The van der Waals surface area contributed by atoms with Gasteiger partial charge in [-0.25, -0.2) is 4.98 Å². The molecule has 4 aromatic rings. The molecule has 0 spiro atoms. The van der Waals surface area contributed by atoms with E-state index in [1.165, 1.54) is 16.2 Å². The molecule has 1 atom stereocenters. The molecule has 0 aliphatic carbocycles. The highest BCUT2D eigenvalue weighted by Gasteiger charge is 2.48. The molecular formula is C30H28N2O5S. The van der Waals surface area contributed by atoms with Gasteiger partial charge in [0.15, 0.2) is 5.13 Å². The lowest BCUT2D eigenvalue weighted by Crippen LogP contribution is -2.29. The summed E-state index contributed by atoms with van der Waals surface area (Å²) in [5, 5.41) is 11.8. The van der Waals surface area contributed by atoms with Crippen molar-refractivity contribution in [1.82, 2.24) is 4.98 Å². The van der Waals surface area contributed by atoms with Crippen LogP contribution in [-0.4, -0.2) is 35.0 Å². The van der Waals surface area contributed by atoms with Crippen LogP contribution in [0.2, 0.25) is 0 Å². The Bertz CT molecular complexity index is 1570. The topological polar surface area (TPSA) is 89.0 Å². The molecule has 1 saturated heterocycles. The zero-order valence-electron chi connectivity index (χ0n) is 21.6. The van der Waals surface area contributed by atoms with Crippen molar-refractivity contribution in [2.24, 2.45) is 0 Å². The molecule has 1 aliphatic rings. The number of hydrogen-bond acceptors (Lipinski definition) is 7. The highest BCUT2D eigenvalue weighted by molar-refractivity contribution is 7.22. The molecular weight excluding hydrogens is 500 g/mol. The SMILES string of the molecule is CCOc1ccc(C2C(=C(O)c3cccc(OCC)c3)C(=O)C(=O)N2c2nc3c(C)cc(C)cc3s2)cc1. The summed E-state index contributed by atoms with van der Waals surface area (Å²) in [5.41, 5.74) is 3.91. The lowest BCUT2D eigenvalue weighted by molar-refractivity contribution is -0.132. The Morgan fingerprint density at radius 2 is 1.68 bits per heavy atom. The van der Waals surface area contributed by atoms with Crippen LogP contribution in [0.15, 0.2) is 66.2 Å². The van der Waals surface area contributed by atoms with E-state index in [0.29, 0.717) is 41.0 Å². The standard InChI is InChI=1S/C30H28N2O5S/c1-5-36-21-12-10-19(11-13-21)26-24(27(33)20-8-7-9-22(16-20)37-6-2)28(34)29(35)32(26)30-31-25-18(4)14-17(3)15-23(25)38-30/h7-16,26,33H,5-6H2,1-4H3. The Morgan fingerprint density at radius 1 is 0.974 bits per heavy atom. The number of aliphatic hydroxyl groups excluding tert-OH is 1. The Labute approximate surface area is 225 Å². The number of carbonyl (C=O) groups is 2. The summed E-state index contributed by atoms with van der Waals surface area (Å²) in [6, 6.07) is 17.2. The van der Waals surface area contributed by atoms with Gasteiger partial charge in [0.2, 0.25) is 0 Å². The van der Waals surface area contributed by atoms with Gasteiger partial charge in [-0.1, -0.05) is 41.7 Å². The van der Waals surface area contributed by atoms with E-state index in [0.717, 1.165) is 21.3 Å². The lowest BCUT2D eigenvalue weighted by Gasteiger charge is -2.23. The molecule has 38 heavy (non-hydrogen) atoms. The minimum atomic E-state index is -0.872. The van der Waals surface area contributed by atoms with Crippen molar-refractivity contribution in [3.8, 4) is 11.5 Å². The number of nitrogens with zero attached hydrogens (tertiary/aromatic N) is 2. The van der Waals surface area contributed by atoms with Crippen LogP contribution in [0.4, 0.5) is 5.13 Å². The number of fused-ring (bicyclic) bond motifs is 1. The van der Waals surface area contributed by atoms with Gasteiger partial charge in [0.1, 0.15) is 17.3 Å². The highest BCUT2D eigenvalue weighted by Crippen LogP contribution is 2.45. The third-order valence-corrected chi connectivity index (χ3v) is 7.40. The molecule has 0 radical (unpaired) electrons. The number of hydrogen-bond donors (Lipinski definition) is 1. The van der Waals surface area contributed by atoms with E-state index in [4.69, 9.17) is 14.5 Å². The van der Waals surface area contributed by atoms with Gasteiger partial charge in [-0.05, 0) is 74.7 Å². The number of Topliss-reactive ketones (excluding diaryl/α,β-unsaturated/α-hetero) is 1. The first-order chi connectivity index (χ1) is 18.3. The molecule has 1 N–H and O–H groups in total. The maximum Gasteiger partial charge on any atom is 0.301 e. The predicted octanol–water partition coefficient (Wildman–Crippen LogP) is 6.34. The van der Waals surface area contributed by atoms with Gasteiger partial charge >= 0.3 is 5.91 Å². The number of amides is 1. The largest absolute Gasteiger partial charge is 0.507 e. The quantitative estimate of drug-likeness (QED) is 0.171. The van der Waals surface area contributed by atoms with E-state index in [9.17, 15) is 14.7 Å². The molecule has 1 fully saturated rings. The van der Waals surface area contributed by atoms with E-state index < -0.39 is 17.7 Å². The molecule has 7 nitrogen and oxygen atoms in total. The van der Waals surface area contributed by atoms with Gasteiger partial charge in [-0.2, -0.15) is 0 Å². The second kappa shape index (κ2) is 10.3. The van der Waals surface area contributed by atoms with Gasteiger partial charge in [0.05, 0.1) is 35.0 Å². The van der Waals surface area contributed by atoms with Crippen molar-refractivity contribution < 1.29 is 24.2 Å². The summed E-state index contributed by atoms with van der Waals surface area (Å²) >= 11 is 1.35. The fourth-order valence-corrected chi connectivity index (χ4v) is 5.94. The molecule has 1 unspecified atom stereocenters. The van der Waals surface area contributed by atoms with Gasteiger partial charge in [-0.15, -0.1) is 0 Å². The number of thiazole rings is 1. The number of ether oxygens (including phenoxy) is 2. The zero-order chi connectivity index (χ0) is 27.0. The predicted molar refractivity (Wildman–Crippen MR) is 149 cm³/mol. The van der Waals surface area contributed by atoms with Gasteiger partial charge < -0.3 is 14.6 Å². The Balaban J connectivity index is 1.70. The number of ketones is 1. The Morgan fingerprint density at radius 3 is 2.39 bits per heavy atom. The first-order valence-electron chi connectivity index (χ1n) is 12.5. The monoisotopic (exact) mass is 528 g/mol. The number of aromatic nitrogens is 1. The van der Waals surface area contributed by atoms with Crippen LogP contribution in [-0.2, 0) is 9.59 Å².